The number of hydrogen-bond acceptors (Lipinski definition) is 3. The fourth-order valence-corrected chi connectivity index (χ4v) is 2.07. The minimum atomic E-state index is -0.768. The number of carboxylic acid groups (broad SMARTS) is 1. The van der Waals surface area contributed by atoms with E-state index in [0.717, 1.165) is 5.75 Å². The molecular weight excluding hydrogens is 150 g/mol. The van der Waals surface area contributed by atoms with Gasteiger partial charge in [-0.2, -0.15) is 0 Å². The normalized spacial score (nSPS) is 30.4. The number of rotatable bonds is 1. The lowest BCUT2D eigenvalue weighted by Crippen LogP contribution is -2.41. The van der Waals surface area contributed by atoms with E-state index in [0.29, 0.717) is 0 Å². The maximum absolute atomic E-state index is 10.4. The van der Waals surface area contributed by atoms with E-state index in [1.165, 1.54) is 11.8 Å². The van der Waals surface area contributed by atoms with Gasteiger partial charge in [0.2, 0.25) is 0 Å². The quantitative estimate of drug-likeness (QED) is 0.588. The van der Waals surface area contributed by atoms with E-state index in [2.05, 4.69) is 5.32 Å². The van der Waals surface area contributed by atoms with Gasteiger partial charge >= 0.3 is 5.97 Å². The number of carbonyl (C=O) groups is 1. The molecule has 1 aliphatic heterocycles. The Hall–Kier alpha value is -0.220. The van der Waals surface area contributed by atoms with E-state index in [-0.39, 0.29) is 5.54 Å². The monoisotopic (exact) mass is 161 g/mol. The Morgan fingerprint density at radius 3 is 2.60 bits per heavy atom. The third-order valence-electron chi connectivity index (χ3n) is 1.36. The zero-order chi connectivity index (χ0) is 7.78. The lowest BCUT2D eigenvalue weighted by Gasteiger charge is -2.16. The molecule has 1 saturated heterocycles. The van der Waals surface area contributed by atoms with Gasteiger partial charge < -0.3 is 5.11 Å². The highest BCUT2D eigenvalue weighted by Gasteiger charge is 2.34. The molecule has 0 spiro atoms. The molecule has 1 atom stereocenters. The van der Waals surface area contributed by atoms with Crippen molar-refractivity contribution in [2.24, 2.45) is 0 Å². The van der Waals surface area contributed by atoms with Crippen LogP contribution in [0.3, 0.4) is 0 Å². The maximum atomic E-state index is 10.4. The van der Waals surface area contributed by atoms with Crippen LogP contribution in [-0.2, 0) is 4.79 Å². The summed E-state index contributed by atoms with van der Waals surface area (Å²) < 4.78 is 0. The predicted molar refractivity (Wildman–Crippen MR) is 41.1 cm³/mol. The molecule has 58 valence electrons. The van der Waals surface area contributed by atoms with Gasteiger partial charge in [-0.1, -0.05) is 0 Å². The van der Waals surface area contributed by atoms with E-state index in [1.807, 2.05) is 13.8 Å². The summed E-state index contributed by atoms with van der Waals surface area (Å²) in [5, 5.41) is 11.1. The molecule has 1 aliphatic rings. The predicted octanol–water partition coefficient (Wildman–Crippen LogP) is 0.512. The van der Waals surface area contributed by atoms with Crippen LogP contribution < -0.4 is 5.32 Å². The van der Waals surface area contributed by atoms with Crippen LogP contribution in [0.1, 0.15) is 13.8 Å². The molecule has 0 aromatic rings. The summed E-state index contributed by atoms with van der Waals surface area (Å²) >= 11 is 1.45. The zero-order valence-corrected chi connectivity index (χ0v) is 6.86. The van der Waals surface area contributed by atoms with Crippen LogP contribution in [0.4, 0.5) is 0 Å². The van der Waals surface area contributed by atoms with Gasteiger partial charge in [0.05, 0.1) is 0 Å². The SMILES string of the molecule is CC1(C)CS[C@@H](C(=O)O)N1. The summed E-state index contributed by atoms with van der Waals surface area (Å²) in [6.07, 6.45) is 0. The smallest absolute Gasteiger partial charge is 0.331 e. The third kappa shape index (κ3) is 1.64. The second kappa shape index (κ2) is 2.43. The highest BCUT2D eigenvalue weighted by atomic mass is 32.2. The highest BCUT2D eigenvalue weighted by Crippen LogP contribution is 2.25. The van der Waals surface area contributed by atoms with Crippen molar-refractivity contribution in [1.82, 2.24) is 5.32 Å². The lowest BCUT2D eigenvalue weighted by atomic mass is 10.1. The molecule has 4 heteroatoms. The Morgan fingerprint density at radius 2 is 2.40 bits per heavy atom. The van der Waals surface area contributed by atoms with E-state index in [9.17, 15) is 4.79 Å². The molecule has 0 aromatic carbocycles. The summed E-state index contributed by atoms with van der Waals surface area (Å²) in [7, 11) is 0. The molecule has 0 aromatic heterocycles. The molecule has 0 amide bonds. The van der Waals surface area contributed by atoms with Crippen molar-refractivity contribution in [3.63, 3.8) is 0 Å². The minimum absolute atomic E-state index is 0.0201. The van der Waals surface area contributed by atoms with Gasteiger partial charge in [-0.15, -0.1) is 11.8 Å². The summed E-state index contributed by atoms with van der Waals surface area (Å²) in [4.78, 5) is 10.4. The van der Waals surface area contributed by atoms with E-state index >= 15 is 0 Å². The highest BCUT2D eigenvalue weighted by molar-refractivity contribution is 8.00. The van der Waals surface area contributed by atoms with Crippen LogP contribution in [0, 0.1) is 0 Å². The average molecular weight is 161 g/mol. The second-order valence-corrected chi connectivity index (χ2v) is 4.15. The lowest BCUT2D eigenvalue weighted by molar-refractivity contribution is -0.137. The largest absolute Gasteiger partial charge is 0.479 e. The fourth-order valence-electron chi connectivity index (χ4n) is 0.863. The standard InChI is InChI=1S/C6H11NO2S/c1-6(2)3-10-4(7-6)5(8)9/h4,7H,3H2,1-2H3,(H,8,9)/t4-/m0/s1. The summed E-state index contributed by atoms with van der Waals surface area (Å²) in [6, 6.07) is 0. The molecule has 1 fully saturated rings. The van der Waals surface area contributed by atoms with Gasteiger partial charge in [-0.05, 0) is 13.8 Å². The molecule has 1 rings (SSSR count). The van der Waals surface area contributed by atoms with Crippen molar-refractivity contribution in [2.45, 2.75) is 24.8 Å². The summed E-state index contributed by atoms with van der Waals surface area (Å²) in [5.74, 6) is 0.0971. The van der Waals surface area contributed by atoms with Gasteiger partial charge in [0.15, 0.2) is 5.37 Å². The Morgan fingerprint density at radius 1 is 1.80 bits per heavy atom. The van der Waals surface area contributed by atoms with Crippen molar-refractivity contribution in [2.75, 3.05) is 5.75 Å². The van der Waals surface area contributed by atoms with Gasteiger partial charge in [0.25, 0.3) is 0 Å². The number of nitrogens with one attached hydrogen (secondary N) is 1. The van der Waals surface area contributed by atoms with Crippen LogP contribution in [-0.4, -0.2) is 27.7 Å². The number of carboxylic acids is 1. The van der Waals surface area contributed by atoms with Crippen LogP contribution >= 0.6 is 11.8 Å². The van der Waals surface area contributed by atoms with Crippen LogP contribution in [0.2, 0.25) is 0 Å². The topological polar surface area (TPSA) is 49.3 Å². The molecule has 0 bridgehead atoms. The Bertz CT molecular complexity index is 158. The molecular formula is C6H11NO2S. The summed E-state index contributed by atoms with van der Waals surface area (Å²) in [6.45, 7) is 4.01. The minimum Gasteiger partial charge on any atom is -0.479 e. The number of aliphatic carboxylic acids is 1. The molecule has 10 heavy (non-hydrogen) atoms. The van der Waals surface area contributed by atoms with Crippen molar-refractivity contribution in [3.05, 3.63) is 0 Å². The third-order valence-corrected chi connectivity index (χ3v) is 2.90. The molecule has 0 aliphatic carbocycles. The Kier molecular flexibility index (Phi) is 1.92. The van der Waals surface area contributed by atoms with E-state index in [1.54, 1.807) is 0 Å². The molecule has 1 heterocycles. The van der Waals surface area contributed by atoms with Crippen LogP contribution in [0.5, 0.6) is 0 Å². The van der Waals surface area contributed by atoms with Crippen molar-refractivity contribution in [3.8, 4) is 0 Å². The first kappa shape index (κ1) is 7.88. The van der Waals surface area contributed by atoms with E-state index in [4.69, 9.17) is 5.11 Å². The number of hydrogen-bond donors (Lipinski definition) is 2. The van der Waals surface area contributed by atoms with Gasteiger partial charge in [0, 0.05) is 11.3 Å². The molecule has 3 nitrogen and oxygen atoms in total. The molecule has 0 radical (unpaired) electrons. The Labute approximate surface area is 64.2 Å². The number of thioether (sulfide) groups is 1. The first-order valence-corrected chi connectivity index (χ1v) is 4.18. The molecule has 0 unspecified atom stereocenters. The van der Waals surface area contributed by atoms with E-state index < -0.39 is 11.3 Å². The van der Waals surface area contributed by atoms with Gasteiger partial charge in [-0.3, -0.25) is 5.32 Å². The van der Waals surface area contributed by atoms with Gasteiger partial charge in [0.1, 0.15) is 0 Å². The van der Waals surface area contributed by atoms with Gasteiger partial charge in [-0.25, -0.2) is 4.79 Å². The van der Waals surface area contributed by atoms with Crippen molar-refractivity contribution >= 4 is 17.7 Å². The first-order chi connectivity index (χ1) is 4.51. The average Bonchev–Trinajstić information content (AvgIpc) is 2.10. The molecule has 2 N–H and O–H groups in total. The fraction of sp³-hybridized carbons (Fsp3) is 0.833. The summed E-state index contributed by atoms with van der Waals surface area (Å²) in [5.41, 5.74) is -0.0201. The zero-order valence-electron chi connectivity index (χ0n) is 6.05. The molecule has 0 saturated carbocycles. The maximum Gasteiger partial charge on any atom is 0.331 e. The first-order valence-electron chi connectivity index (χ1n) is 3.13. The second-order valence-electron chi connectivity index (χ2n) is 3.06. The van der Waals surface area contributed by atoms with Crippen LogP contribution in [0.25, 0.3) is 0 Å². The van der Waals surface area contributed by atoms with Crippen molar-refractivity contribution < 1.29 is 9.90 Å². The van der Waals surface area contributed by atoms with Crippen LogP contribution in [0.15, 0.2) is 0 Å². The Balaban J connectivity index is 2.51. The van der Waals surface area contributed by atoms with Crippen molar-refractivity contribution in [1.29, 1.82) is 0 Å².